The second-order valence-electron chi connectivity index (χ2n) is 4.92. The molecule has 0 aliphatic carbocycles. The van der Waals surface area contributed by atoms with Crippen molar-refractivity contribution in [3.8, 4) is 0 Å². The normalized spacial score (nSPS) is 16.0. The summed E-state index contributed by atoms with van der Waals surface area (Å²) in [6.45, 7) is 0. The van der Waals surface area contributed by atoms with E-state index in [1.165, 1.54) is 41.3 Å². The quantitative estimate of drug-likeness (QED) is 0.665. The van der Waals surface area contributed by atoms with E-state index in [-0.39, 0.29) is 11.5 Å². The number of nitrogens with zero attached hydrogens (tertiary/aromatic N) is 1. The summed E-state index contributed by atoms with van der Waals surface area (Å²) in [5.74, 6) is -1.69. The van der Waals surface area contributed by atoms with Gasteiger partial charge in [0.1, 0.15) is 5.82 Å². The van der Waals surface area contributed by atoms with E-state index in [9.17, 15) is 14.0 Å². The Morgan fingerprint density at radius 3 is 2.33 bits per heavy atom. The van der Waals surface area contributed by atoms with Gasteiger partial charge in [-0.25, -0.2) is 9.18 Å². The van der Waals surface area contributed by atoms with Crippen molar-refractivity contribution in [1.82, 2.24) is 0 Å². The SMILES string of the molecule is O=C(O)c1ccc(/C=C2/SC(=S)N(c3ccc(F)cc3)C2=O)cc1. The van der Waals surface area contributed by atoms with Gasteiger partial charge >= 0.3 is 5.97 Å². The van der Waals surface area contributed by atoms with Gasteiger partial charge in [0.25, 0.3) is 5.91 Å². The monoisotopic (exact) mass is 359 g/mol. The van der Waals surface area contributed by atoms with Crippen LogP contribution in [-0.4, -0.2) is 21.3 Å². The van der Waals surface area contributed by atoms with Crippen molar-refractivity contribution in [3.63, 3.8) is 0 Å². The molecule has 0 aromatic heterocycles. The van der Waals surface area contributed by atoms with Crippen LogP contribution >= 0.6 is 24.0 Å². The molecule has 0 atom stereocenters. The maximum absolute atomic E-state index is 13.0. The van der Waals surface area contributed by atoms with Gasteiger partial charge in [-0.05, 0) is 48.0 Å². The van der Waals surface area contributed by atoms with E-state index in [0.29, 0.717) is 20.5 Å². The molecule has 4 nitrogen and oxygen atoms in total. The highest BCUT2D eigenvalue weighted by molar-refractivity contribution is 8.27. The summed E-state index contributed by atoms with van der Waals surface area (Å²) in [6.07, 6.45) is 1.65. The van der Waals surface area contributed by atoms with Crippen LogP contribution in [0.1, 0.15) is 15.9 Å². The Labute approximate surface area is 146 Å². The third kappa shape index (κ3) is 3.22. The molecule has 0 saturated carbocycles. The number of carbonyl (C=O) groups is 2. The van der Waals surface area contributed by atoms with Crippen molar-refractivity contribution in [3.05, 3.63) is 70.4 Å². The number of halogens is 1. The fourth-order valence-corrected chi connectivity index (χ4v) is 3.45. The lowest BCUT2D eigenvalue weighted by molar-refractivity contribution is -0.113. The fraction of sp³-hybridized carbons (Fsp3) is 0. The highest BCUT2D eigenvalue weighted by Crippen LogP contribution is 2.36. The van der Waals surface area contributed by atoms with Gasteiger partial charge in [-0.1, -0.05) is 36.1 Å². The van der Waals surface area contributed by atoms with Crippen LogP contribution in [0.5, 0.6) is 0 Å². The number of anilines is 1. The molecule has 2 aromatic rings. The molecule has 1 aliphatic heterocycles. The van der Waals surface area contributed by atoms with Crippen LogP contribution in [0.15, 0.2) is 53.4 Å². The number of benzene rings is 2. The molecule has 1 N–H and O–H groups in total. The maximum Gasteiger partial charge on any atom is 0.335 e. The second kappa shape index (κ2) is 6.54. The summed E-state index contributed by atoms with van der Waals surface area (Å²) in [6, 6.07) is 11.7. The molecule has 1 aliphatic rings. The molecule has 1 heterocycles. The van der Waals surface area contributed by atoms with Crippen molar-refractivity contribution in [1.29, 1.82) is 0 Å². The molecule has 24 heavy (non-hydrogen) atoms. The lowest BCUT2D eigenvalue weighted by Gasteiger charge is -2.14. The van der Waals surface area contributed by atoms with Crippen molar-refractivity contribution >= 4 is 51.9 Å². The smallest absolute Gasteiger partial charge is 0.335 e. The minimum Gasteiger partial charge on any atom is -0.478 e. The average molecular weight is 359 g/mol. The first-order valence-electron chi connectivity index (χ1n) is 6.82. The Hall–Kier alpha value is -2.51. The van der Waals surface area contributed by atoms with Crippen LogP contribution in [0, 0.1) is 5.82 Å². The molecular weight excluding hydrogens is 349 g/mol. The number of rotatable bonds is 3. The van der Waals surface area contributed by atoms with Gasteiger partial charge in [-0.2, -0.15) is 0 Å². The number of carboxylic acids is 1. The van der Waals surface area contributed by atoms with Crippen molar-refractivity contribution in [2.24, 2.45) is 0 Å². The molecule has 7 heteroatoms. The Morgan fingerprint density at radius 1 is 1.12 bits per heavy atom. The van der Waals surface area contributed by atoms with E-state index < -0.39 is 11.8 Å². The lowest BCUT2D eigenvalue weighted by Crippen LogP contribution is -2.27. The number of aromatic carboxylic acids is 1. The van der Waals surface area contributed by atoms with Gasteiger partial charge in [0, 0.05) is 0 Å². The number of hydrogen-bond donors (Lipinski definition) is 1. The predicted molar refractivity (Wildman–Crippen MR) is 95.5 cm³/mol. The van der Waals surface area contributed by atoms with Gasteiger partial charge in [-0.3, -0.25) is 9.69 Å². The van der Waals surface area contributed by atoms with Gasteiger partial charge in [0.2, 0.25) is 0 Å². The molecule has 1 saturated heterocycles. The first kappa shape index (κ1) is 16.4. The Bertz CT molecular complexity index is 860. The summed E-state index contributed by atoms with van der Waals surface area (Å²) in [7, 11) is 0. The Balaban J connectivity index is 1.87. The van der Waals surface area contributed by atoms with E-state index in [1.807, 2.05) is 0 Å². The molecule has 2 aromatic carbocycles. The van der Waals surface area contributed by atoms with Crippen LogP contribution in [0.4, 0.5) is 10.1 Å². The third-order valence-electron chi connectivity index (χ3n) is 3.33. The third-order valence-corrected chi connectivity index (χ3v) is 4.64. The van der Waals surface area contributed by atoms with E-state index in [1.54, 1.807) is 18.2 Å². The molecule has 120 valence electrons. The number of thioether (sulfide) groups is 1. The molecule has 1 fully saturated rings. The Morgan fingerprint density at radius 2 is 1.75 bits per heavy atom. The number of amides is 1. The summed E-state index contributed by atoms with van der Waals surface area (Å²) in [5.41, 5.74) is 1.37. The van der Waals surface area contributed by atoms with E-state index in [2.05, 4.69) is 0 Å². The van der Waals surface area contributed by atoms with Crippen molar-refractivity contribution in [2.45, 2.75) is 0 Å². The van der Waals surface area contributed by atoms with Gasteiger partial charge in [0.15, 0.2) is 4.32 Å². The fourth-order valence-electron chi connectivity index (χ4n) is 2.15. The minimum absolute atomic E-state index is 0.172. The zero-order valence-electron chi connectivity index (χ0n) is 12.1. The lowest BCUT2D eigenvalue weighted by atomic mass is 10.1. The number of carboxylic acid groups (broad SMARTS) is 1. The van der Waals surface area contributed by atoms with E-state index >= 15 is 0 Å². The predicted octanol–water partition coefficient (Wildman–Crippen LogP) is 3.93. The molecular formula is C17H10FNO3S2. The van der Waals surface area contributed by atoms with E-state index in [0.717, 1.165) is 11.8 Å². The number of thiocarbonyl (C=S) groups is 1. The molecule has 0 radical (unpaired) electrons. The molecule has 0 unspecified atom stereocenters. The zero-order chi connectivity index (χ0) is 17.3. The summed E-state index contributed by atoms with van der Waals surface area (Å²) in [4.78, 5) is 25.2. The molecule has 1 amide bonds. The highest BCUT2D eigenvalue weighted by Gasteiger charge is 2.33. The van der Waals surface area contributed by atoms with Gasteiger partial charge in [0.05, 0.1) is 16.2 Å². The molecule has 0 bridgehead atoms. The summed E-state index contributed by atoms with van der Waals surface area (Å²) in [5, 5.41) is 8.89. The largest absolute Gasteiger partial charge is 0.478 e. The first-order chi connectivity index (χ1) is 11.5. The first-order valence-corrected chi connectivity index (χ1v) is 8.05. The van der Waals surface area contributed by atoms with E-state index in [4.69, 9.17) is 17.3 Å². The summed E-state index contributed by atoms with van der Waals surface area (Å²) >= 11 is 6.38. The van der Waals surface area contributed by atoms with Gasteiger partial charge < -0.3 is 5.11 Å². The minimum atomic E-state index is -1.01. The second-order valence-corrected chi connectivity index (χ2v) is 6.60. The highest BCUT2D eigenvalue weighted by atomic mass is 32.2. The standard InChI is InChI=1S/C17H10FNO3S2/c18-12-5-7-13(8-6-12)19-15(20)14(24-17(19)23)9-10-1-3-11(4-2-10)16(21)22/h1-9H,(H,21,22)/b14-9+. The number of carbonyl (C=O) groups excluding carboxylic acids is 1. The molecule has 0 spiro atoms. The van der Waals surface area contributed by atoms with Crippen molar-refractivity contribution in [2.75, 3.05) is 4.90 Å². The van der Waals surface area contributed by atoms with Crippen molar-refractivity contribution < 1.29 is 19.1 Å². The summed E-state index contributed by atoms with van der Waals surface area (Å²) < 4.78 is 13.4. The zero-order valence-corrected chi connectivity index (χ0v) is 13.7. The topological polar surface area (TPSA) is 57.6 Å². The van der Waals surface area contributed by atoms with Crippen LogP contribution in [0.2, 0.25) is 0 Å². The Kier molecular flexibility index (Phi) is 4.46. The van der Waals surface area contributed by atoms with Gasteiger partial charge in [-0.15, -0.1) is 0 Å². The average Bonchev–Trinajstić information content (AvgIpc) is 2.83. The molecule has 3 rings (SSSR count). The maximum atomic E-state index is 13.0. The van der Waals surface area contributed by atoms with Crippen LogP contribution in [-0.2, 0) is 4.79 Å². The van der Waals surface area contributed by atoms with Crippen LogP contribution in [0.25, 0.3) is 6.08 Å². The van der Waals surface area contributed by atoms with Crippen LogP contribution < -0.4 is 4.90 Å². The number of hydrogen-bond acceptors (Lipinski definition) is 4. The van der Waals surface area contributed by atoms with Crippen LogP contribution in [0.3, 0.4) is 0 Å².